The number of carbonyl (C=O) groups excluding carboxylic acids is 1. The molecule has 3 aromatic carbocycles. The average molecular weight is 566 g/mol. The minimum absolute atomic E-state index is 0.316. The second-order valence-electron chi connectivity index (χ2n) is 9.96. The maximum Gasteiger partial charge on any atom is 0.255 e. The van der Waals surface area contributed by atoms with Crippen LogP contribution in [-0.4, -0.2) is 39.7 Å². The molecule has 41 heavy (non-hydrogen) atoms. The van der Waals surface area contributed by atoms with Gasteiger partial charge in [0.05, 0.1) is 17.5 Å². The quantitative estimate of drug-likeness (QED) is 0.243. The first-order valence-electron chi connectivity index (χ1n) is 12.9. The molecule has 206 valence electrons. The Morgan fingerprint density at radius 1 is 0.878 bits per heavy atom. The summed E-state index contributed by atoms with van der Waals surface area (Å²) in [6, 6.07) is 22.7. The van der Waals surface area contributed by atoms with E-state index < -0.39 is 10.0 Å². The first-order valence-corrected chi connectivity index (χ1v) is 14.8. The molecule has 0 atom stereocenters. The molecule has 1 amide bonds. The van der Waals surface area contributed by atoms with E-state index in [2.05, 4.69) is 10.3 Å². The summed E-state index contributed by atoms with van der Waals surface area (Å²) in [5.74, 6) is 0.720. The third kappa shape index (κ3) is 4.74. The van der Waals surface area contributed by atoms with E-state index in [-0.39, 0.29) is 5.91 Å². The molecule has 0 saturated carbocycles. The number of aromatic nitrogens is 1. The van der Waals surface area contributed by atoms with Gasteiger partial charge in [-0.1, -0.05) is 48.0 Å². The van der Waals surface area contributed by atoms with Crippen molar-refractivity contribution >= 4 is 43.6 Å². The Morgan fingerprint density at radius 3 is 2.32 bits per heavy atom. The summed E-state index contributed by atoms with van der Waals surface area (Å²) in [6.07, 6.45) is 4.50. The molecule has 1 N–H and O–H groups in total. The number of rotatable bonds is 6. The molecule has 0 saturated heterocycles. The van der Waals surface area contributed by atoms with Gasteiger partial charge in [0.1, 0.15) is 22.7 Å². The summed E-state index contributed by atoms with van der Waals surface area (Å²) >= 11 is 0. The summed E-state index contributed by atoms with van der Waals surface area (Å²) in [6.45, 7) is 1.98. The summed E-state index contributed by atoms with van der Waals surface area (Å²) in [4.78, 5) is 17.7. The van der Waals surface area contributed by atoms with Crippen molar-refractivity contribution in [2.45, 2.75) is 6.92 Å². The average Bonchev–Trinajstić information content (AvgIpc) is 3.57. The summed E-state index contributed by atoms with van der Waals surface area (Å²) < 4.78 is 39.0. The molecule has 3 heterocycles. The lowest BCUT2D eigenvalue weighted by molar-refractivity contribution is 0.0964. The molecule has 0 radical (unpaired) electrons. The van der Waals surface area contributed by atoms with Crippen molar-refractivity contribution in [3.8, 4) is 33.8 Å². The maximum absolute atomic E-state index is 13.2. The minimum Gasteiger partial charge on any atom is -0.456 e. The number of benzene rings is 3. The van der Waals surface area contributed by atoms with Crippen LogP contribution in [0.2, 0.25) is 0 Å². The van der Waals surface area contributed by atoms with Gasteiger partial charge in [0.15, 0.2) is 0 Å². The normalized spacial score (nSPS) is 11.7. The fourth-order valence-corrected chi connectivity index (χ4v) is 5.42. The lowest BCUT2D eigenvalue weighted by atomic mass is 9.98. The van der Waals surface area contributed by atoms with Gasteiger partial charge in [0.25, 0.3) is 5.91 Å². The number of nitrogens with one attached hydrogen (secondary N) is 1. The zero-order valence-electron chi connectivity index (χ0n) is 22.9. The Hall–Kier alpha value is -4.89. The molecular weight excluding hydrogens is 538 g/mol. The number of hydrogen-bond donors (Lipinski definition) is 1. The molecule has 6 rings (SSSR count). The van der Waals surface area contributed by atoms with Gasteiger partial charge in [-0.05, 0) is 31.2 Å². The smallest absolute Gasteiger partial charge is 0.255 e. The fraction of sp³-hybridized carbons (Fsp3) is 0.125. The monoisotopic (exact) mass is 565 g/mol. The second kappa shape index (κ2) is 9.94. The number of furan rings is 2. The highest BCUT2D eigenvalue weighted by Gasteiger charge is 2.26. The van der Waals surface area contributed by atoms with Crippen molar-refractivity contribution < 1.29 is 22.0 Å². The Morgan fingerprint density at radius 2 is 1.61 bits per heavy atom. The highest BCUT2D eigenvalue weighted by Crippen LogP contribution is 2.42. The van der Waals surface area contributed by atoms with Gasteiger partial charge >= 0.3 is 0 Å². The number of nitrogens with zero attached hydrogens (tertiary/aromatic N) is 2. The second-order valence-corrected chi connectivity index (χ2v) is 12.0. The Labute approximate surface area is 237 Å². The van der Waals surface area contributed by atoms with E-state index in [0.29, 0.717) is 44.9 Å². The molecule has 3 aromatic heterocycles. The van der Waals surface area contributed by atoms with E-state index in [0.717, 1.165) is 33.9 Å². The Bertz CT molecular complexity index is 2020. The number of sulfonamides is 1. The van der Waals surface area contributed by atoms with Crippen LogP contribution in [0.25, 0.3) is 55.7 Å². The van der Waals surface area contributed by atoms with E-state index in [1.165, 1.54) is 11.4 Å². The predicted molar refractivity (Wildman–Crippen MR) is 161 cm³/mol. The van der Waals surface area contributed by atoms with Crippen molar-refractivity contribution in [2.75, 3.05) is 24.7 Å². The number of pyridine rings is 1. The molecule has 0 fully saturated rings. The van der Waals surface area contributed by atoms with Crippen LogP contribution >= 0.6 is 0 Å². The van der Waals surface area contributed by atoms with Crippen LogP contribution in [-0.2, 0) is 10.0 Å². The Kier molecular flexibility index (Phi) is 6.38. The SMILES string of the molecule is CNC(=O)c1c(-c2ccc(C)cc2)oc2cc(N(C)S(C)(=O)=O)c(-c3cncc(-c4cc5ccccc5o4)c3)cc12. The van der Waals surface area contributed by atoms with Gasteiger partial charge in [-0.3, -0.25) is 14.1 Å². The van der Waals surface area contributed by atoms with Crippen molar-refractivity contribution in [2.24, 2.45) is 0 Å². The number of aryl methyl sites for hydroxylation is 1. The summed E-state index contributed by atoms with van der Waals surface area (Å²) in [5.41, 5.74) is 5.64. The molecule has 0 aliphatic heterocycles. The molecule has 8 nitrogen and oxygen atoms in total. The van der Waals surface area contributed by atoms with Gasteiger partial charge in [0, 0.05) is 65.6 Å². The van der Waals surface area contributed by atoms with E-state index in [1.807, 2.05) is 67.6 Å². The number of fused-ring (bicyclic) bond motifs is 2. The number of anilines is 1. The highest BCUT2D eigenvalue weighted by atomic mass is 32.2. The van der Waals surface area contributed by atoms with Gasteiger partial charge in [-0.25, -0.2) is 8.42 Å². The van der Waals surface area contributed by atoms with Gasteiger partial charge in [0.2, 0.25) is 10.0 Å². The maximum atomic E-state index is 13.2. The van der Waals surface area contributed by atoms with Crippen molar-refractivity contribution in [3.05, 3.63) is 96.3 Å². The van der Waals surface area contributed by atoms with E-state index in [4.69, 9.17) is 8.83 Å². The van der Waals surface area contributed by atoms with Crippen LogP contribution in [0.3, 0.4) is 0 Å². The van der Waals surface area contributed by atoms with Crippen molar-refractivity contribution in [3.63, 3.8) is 0 Å². The third-order valence-electron chi connectivity index (χ3n) is 7.17. The number of carbonyl (C=O) groups is 1. The van der Waals surface area contributed by atoms with Crippen LogP contribution in [0.5, 0.6) is 0 Å². The molecule has 9 heteroatoms. The van der Waals surface area contributed by atoms with E-state index in [9.17, 15) is 13.2 Å². The van der Waals surface area contributed by atoms with Crippen LogP contribution in [0.1, 0.15) is 15.9 Å². The fourth-order valence-electron chi connectivity index (χ4n) is 4.91. The lowest BCUT2D eigenvalue weighted by Gasteiger charge is -2.20. The molecule has 6 aromatic rings. The van der Waals surface area contributed by atoms with Crippen molar-refractivity contribution in [1.29, 1.82) is 0 Å². The first-order chi connectivity index (χ1) is 19.6. The zero-order chi connectivity index (χ0) is 28.9. The van der Waals surface area contributed by atoms with Crippen LogP contribution < -0.4 is 9.62 Å². The Balaban J connectivity index is 1.61. The lowest BCUT2D eigenvalue weighted by Crippen LogP contribution is -2.25. The van der Waals surface area contributed by atoms with E-state index >= 15 is 0 Å². The molecule has 0 unspecified atom stereocenters. The van der Waals surface area contributed by atoms with Gasteiger partial charge < -0.3 is 14.2 Å². The third-order valence-corrected chi connectivity index (χ3v) is 8.36. The highest BCUT2D eigenvalue weighted by molar-refractivity contribution is 7.92. The summed E-state index contributed by atoms with van der Waals surface area (Å²) in [7, 11) is -0.593. The summed E-state index contributed by atoms with van der Waals surface area (Å²) in [5, 5.41) is 4.23. The van der Waals surface area contributed by atoms with Crippen molar-refractivity contribution in [1.82, 2.24) is 10.3 Å². The molecule has 0 aliphatic carbocycles. The number of para-hydroxylation sites is 1. The van der Waals surface area contributed by atoms with E-state index in [1.54, 1.807) is 31.6 Å². The zero-order valence-corrected chi connectivity index (χ0v) is 23.7. The minimum atomic E-state index is -3.64. The number of amides is 1. The van der Waals surface area contributed by atoms with Gasteiger partial charge in [-0.2, -0.15) is 0 Å². The molecule has 0 bridgehead atoms. The topological polar surface area (TPSA) is 106 Å². The standard InChI is InChI=1S/C32H27N3O5S/c1-19-9-11-20(12-10-19)31-30(32(36)33-2)25-15-24(26(16-29(25)40-31)35(3)41(4,37)38)22-13-23(18-34-17-22)28-14-21-7-5-6-8-27(21)39-28/h5-18H,1-4H3,(H,33,36). The first kappa shape index (κ1) is 26.3. The molecular formula is C32H27N3O5S. The number of hydrogen-bond acceptors (Lipinski definition) is 6. The largest absolute Gasteiger partial charge is 0.456 e. The van der Waals surface area contributed by atoms with Gasteiger partial charge in [-0.15, -0.1) is 0 Å². The van der Waals surface area contributed by atoms with Crippen LogP contribution in [0, 0.1) is 6.92 Å². The predicted octanol–water partition coefficient (Wildman–Crippen LogP) is 6.64. The van der Waals surface area contributed by atoms with Crippen LogP contribution in [0.4, 0.5) is 5.69 Å². The molecule has 0 aliphatic rings. The molecule has 0 spiro atoms. The van der Waals surface area contributed by atoms with Crippen LogP contribution in [0.15, 0.2) is 94.0 Å².